The number of piperazine rings is 1. The van der Waals surface area contributed by atoms with E-state index in [0.717, 1.165) is 55.5 Å². The fourth-order valence-corrected chi connectivity index (χ4v) is 7.62. The van der Waals surface area contributed by atoms with Crippen LogP contribution in [0.25, 0.3) is 32.8 Å². The summed E-state index contributed by atoms with van der Waals surface area (Å²) in [6.45, 7) is 19.5. The molecule has 1 amide bonds. The normalized spacial score (nSPS) is 14.2. The van der Waals surface area contributed by atoms with E-state index in [1.165, 1.54) is 0 Å². The Morgan fingerprint density at radius 3 is 2.17 bits per heavy atom. The first-order valence-corrected chi connectivity index (χ1v) is 19.3. The van der Waals surface area contributed by atoms with E-state index in [1.54, 1.807) is 4.90 Å². The number of benzene rings is 3. The lowest BCUT2D eigenvalue weighted by atomic mass is 9.98. The quantitative estimate of drug-likeness (QED) is 0.104. The van der Waals surface area contributed by atoms with Crippen LogP contribution in [0.15, 0.2) is 54.6 Å². The minimum Gasteiger partial charge on any atom is -0.493 e. The number of amides is 1. The molecule has 10 nitrogen and oxygen atoms in total. The van der Waals surface area contributed by atoms with E-state index >= 15 is 0 Å². The number of fused-ring (bicyclic) bond motifs is 2. The van der Waals surface area contributed by atoms with Crippen LogP contribution in [0, 0.1) is 13.8 Å². The molecule has 0 bridgehead atoms. The predicted molar refractivity (Wildman–Crippen MR) is 216 cm³/mol. The van der Waals surface area contributed by atoms with Gasteiger partial charge in [-0.3, -0.25) is 9.58 Å². The molecular formula is C43H54ClN5O5. The number of ether oxygens (including phenoxy) is 3. The number of aryl methyl sites for hydroxylation is 3. The lowest BCUT2D eigenvalue weighted by Gasteiger charge is -2.35. The van der Waals surface area contributed by atoms with Crippen molar-refractivity contribution in [2.75, 3.05) is 39.3 Å². The maximum Gasteiger partial charge on any atom is 0.410 e. The molecule has 0 unspecified atom stereocenters. The summed E-state index contributed by atoms with van der Waals surface area (Å²) in [5, 5.41) is 8.48. The number of hydrogen-bond donors (Lipinski definition) is 0. The van der Waals surface area contributed by atoms with Crippen LogP contribution < -0.4 is 4.74 Å². The van der Waals surface area contributed by atoms with Gasteiger partial charge in [0, 0.05) is 73.9 Å². The number of esters is 1. The third-order valence-electron chi connectivity index (χ3n) is 9.87. The maximum absolute atomic E-state index is 14.4. The van der Waals surface area contributed by atoms with Crippen molar-refractivity contribution < 1.29 is 23.8 Å². The third-order valence-corrected chi connectivity index (χ3v) is 10.2. The van der Waals surface area contributed by atoms with Gasteiger partial charge in [-0.25, -0.2) is 9.59 Å². The summed E-state index contributed by atoms with van der Waals surface area (Å²) in [4.78, 5) is 31.3. The highest BCUT2D eigenvalue weighted by atomic mass is 35.5. The average Bonchev–Trinajstić information content (AvgIpc) is 3.55. The number of carbonyl (C=O) groups excluding carboxylic acids is 2. The number of aromatic nitrogens is 3. The summed E-state index contributed by atoms with van der Waals surface area (Å²) < 4.78 is 22.1. The summed E-state index contributed by atoms with van der Waals surface area (Å²) in [7, 11) is 1.93. The molecule has 0 aliphatic carbocycles. The Bertz CT molecular complexity index is 2160. The van der Waals surface area contributed by atoms with Gasteiger partial charge in [-0.2, -0.15) is 5.10 Å². The lowest BCUT2D eigenvalue weighted by Crippen LogP contribution is -2.50. The Kier molecular flexibility index (Phi) is 11.4. The average molecular weight is 756 g/mol. The summed E-state index contributed by atoms with van der Waals surface area (Å²) in [5.41, 5.74) is 4.73. The Balaban J connectivity index is 1.38. The van der Waals surface area contributed by atoms with Gasteiger partial charge in [-0.1, -0.05) is 54.1 Å². The van der Waals surface area contributed by atoms with Crippen LogP contribution in [-0.4, -0.2) is 86.7 Å². The van der Waals surface area contributed by atoms with Crippen molar-refractivity contribution >= 4 is 45.3 Å². The van der Waals surface area contributed by atoms with Crippen molar-refractivity contribution in [3.8, 4) is 16.9 Å². The van der Waals surface area contributed by atoms with Gasteiger partial charge in [0.25, 0.3) is 0 Å². The van der Waals surface area contributed by atoms with Crippen LogP contribution in [0.5, 0.6) is 5.75 Å². The monoisotopic (exact) mass is 755 g/mol. The molecule has 11 heteroatoms. The largest absolute Gasteiger partial charge is 0.493 e. The second kappa shape index (κ2) is 15.7. The molecular weight excluding hydrogens is 702 g/mol. The van der Waals surface area contributed by atoms with Crippen molar-refractivity contribution in [3.63, 3.8) is 0 Å². The van der Waals surface area contributed by atoms with Crippen LogP contribution in [0.1, 0.15) is 75.4 Å². The second-order valence-corrected chi connectivity index (χ2v) is 16.6. The summed E-state index contributed by atoms with van der Waals surface area (Å²) in [6.07, 6.45) is 0.971. The van der Waals surface area contributed by atoms with Gasteiger partial charge in [0.1, 0.15) is 22.6 Å². The molecule has 1 fully saturated rings. The molecule has 1 saturated heterocycles. The van der Waals surface area contributed by atoms with Crippen LogP contribution in [0.3, 0.4) is 0 Å². The number of halogens is 1. The molecule has 3 aromatic carbocycles. The lowest BCUT2D eigenvalue weighted by molar-refractivity contribution is 0.00509. The minimum absolute atomic E-state index is 0.290. The van der Waals surface area contributed by atoms with E-state index in [0.29, 0.717) is 69.4 Å². The van der Waals surface area contributed by atoms with Crippen LogP contribution in [0.4, 0.5) is 4.79 Å². The predicted octanol–water partition coefficient (Wildman–Crippen LogP) is 8.98. The molecule has 0 spiro atoms. The molecule has 3 heterocycles. The number of nitrogens with zero attached hydrogens (tertiary/aromatic N) is 5. The highest BCUT2D eigenvalue weighted by molar-refractivity contribution is 6.35. The first kappa shape index (κ1) is 39.2. The third kappa shape index (κ3) is 8.55. The van der Waals surface area contributed by atoms with Gasteiger partial charge in [0.05, 0.1) is 22.8 Å². The molecule has 0 radical (unpaired) electrons. The van der Waals surface area contributed by atoms with E-state index in [9.17, 15) is 9.59 Å². The highest BCUT2D eigenvalue weighted by Gasteiger charge is 2.32. The Morgan fingerprint density at radius 1 is 0.815 bits per heavy atom. The molecule has 1 aliphatic rings. The summed E-state index contributed by atoms with van der Waals surface area (Å²) in [5.74, 6) is 0.464. The van der Waals surface area contributed by atoms with Crippen molar-refractivity contribution in [1.82, 2.24) is 24.1 Å². The SMILES string of the molecule is Cc1nn(C)c(C)c1-c1c(Cl)ccc2c(CCCOc3cccc4ccccc34)c(C(=O)OC(C)(C)C)n(CCN3CCN(C(=O)OC(C)(C)C)CC3)c12. The van der Waals surface area contributed by atoms with Gasteiger partial charge in [0.15, 0.2) is 0 Å². The van der Waals surface area contributed by atoms with Gasteiger partial charge in [-0.05, 0) is 91.3 Å². The Labute approximate surface area is 323 Å². The first-order chi connectivity index (χ1) is 25.5. The second-order valence-electron chi connectivity index (χ2n) is 16.2. The van der Waals surface area contributed by atoms with Crippen molar-refractivity contribution in [1.29, 1.82) is 0 Å². The van der Waals surface area contributed by atoms with Crippen molar-refractivity contribution in [2.24, 2.45) is 7.05 Å². The topological polar surface area (TPSA) is 91.1 Å². The summed E-state index contributed by atoms with van der Waals surface area (Å²) in [6, 6.07) is 18.3. The Hall–Kier alpha value is -4.54. The van der Waals surface area contributed by atoms with Crippen LogP contribution in [-0.2, 0) is 29.5 Å². The Morgan fingerprint density at radius 2 is 1.50 bits per heavy atom. The van der Waals surface area contributed by atoms with Crippen molar-refractivity contribution in [3.05, 3.63) is 82.3 Å². The number of rotatable bonds is 10. The molecule has 0 atom stereocenters. The smallest absolute Gasteiger partial charge is 0.410 e. The number of carbonyl (C=O) groups is 2. The summed E-state index contributed by atoms with van der Waals surface area (Å²) >= 11 is 7.15. The molecule has 5 aromatic rings. The van der Waals surface area contributed by atoms with E-state index < -0.39 is 11.2 Å². The van der Waals surface area contributed by atoms with Crippen LogP contribution in [0.2, 0.25) is 5.02 Å². The molecule has 54 heavy (non-hydrogen) atoms. The number of hydrogen-bond acceptors (Lipinski definition) is 7. The standard InChI is InChI=1S/C43H54ClN5O5/c1-28-36(29(2)46(9)45-28)37-34(44)20-19-33-32(17-13-27-52-35-18-12-15-30-14-10-11-16-31(30)35)39(40(50)53-42(3,4)5)49(38(33)37)26-23-47-21-24-48(25-22-47)41(51)54-43(6,7)8/h10-12,14-16,18-20H,13,17,21-27H2,1-9H3. The van der Waals surface area contributed by atoms with E-state index in [4.69, 9.17) is 30.9 Å². The highest BCUT2D eigenvalue weighted by Crippen LogP contribution is 2.42. The van der Waals surface area contributed by atoms with Gasteiger partial charge >= 0.3 is 12.1 Å². The van der Waals surface area contributed by atoms with Gasteiger partial charge < -0.3 is 23.7 Å². The zero-order chi connectivity index (χ0) is 38.9. The van der Waals surface area contributed by atoms with Crippen LogP contribution >= 0.6 is 11.6 Å². The molecule has 0 N–H and O–H groups in total. The first-order valence-electron chi connectivity index (χ1n) is 18.9. The molecule has 6 rings (SSSR count). The zero-order valence-corrected chi connectivity index (χ0v) is 34.0. The fourth-order valence-electron chi connectivity index (χ4n) is 7.38. The van der Waals surface area contributed by atoms with E-state index in [1.807, 2.05) is 104 Å². The molecule has 288 valence electrons. The fraction of sp³-hybridized carbons (Fsp3) is 0.465. The zero-order valence-electron chi connectivity index (χ0n) is 33.2. The minimum atomic E-state index is -0.706. The van der Waals surface area contributed by atoms with Crippen molar-refractivity contribution in [2.45, 2.75) is 86.0 Å². The van der Waals surface area contributed by atoms with E-state index in [2.05, 4.69) is 27.7 Å². The molecule has 0 saturated carbocycles. The van der Waals surface area contributed by atoms with Gasteiger partial charge in [0.2, 0.25) is 0 Å². The van der Waals surface area contributed by atoms with Gasteiger partial charge in [-0.15, -0.1) is 0 Å². The molecule has 2 aromatic heterocycles. The van der Waals surface area contributed by atoms with E-state index in [-0.39, 0.29) is 12.1 Å². The maximum atomic E-state index is 14.4. The molecule has 1 aliphatic heterocycles.